The van der Waals surface area contributed by atoms with E-state index in [4.69, 9.17) is 16.3 Å². The lowest BCUT2D eigenvalue weighted by Crippen LogP contribution is -2.47. The average molecular weight is 521 g/mol. The maximum absolute atomic E-state index is 6.52. The van der Waals surface area contributed by atoms with Crippen LogP contribution in [-0.4, -0.2) is 77.5 Å². The number of aromatic nitrogens is 4. The van der Waals surface area contributed by atoms with E-state index in [9.17, 15) is 0 Å². The normalized spacial score (nSPS) is 17.0. The molecule has 4 heterocycles. The van der Waals surface area contributed by atoms with Crippen molar-refractivity contribution in [3.05, 3.63) is 34.7 Å². The molecule has 1 N–H and O–H groups in total. The topological polar surface area (TPSA) is 73.4 Å². The molecular formula is C25H35Cl2N7O. The van der Waals surface area contributed by atoms with Gasteiger partial charge in [-0.25, -0.2) is 9.97 Å². The molecule has 0 spiro atoms. The predicted molar refractivity (Wildman–Crippen MR) is 145 cm³/mol. The van der Waals surface area contributed by atoms with E-state index in [1.165, 1.54) is 32.4 Å². The van der Waals surface area contributed by atoms with Gasteiger partial charge < -0.3 is 14.5 Å². The maximum atomic E-state index is 6.52. The Morgan fingerprint density at radius 3 is 2.49 bits per heavy atom. The number of aromatic amines is 1. The fourth-order valence-corrected chi connectivity index (χ4v) is 5.35. The van der Waals surface area contributed by atoms with E-state index in [0.717, 1.165) is 83.7 Å². The third-order valence-electron chi connectivity index (χ3n) is 7.08. The number of fused-ring (bicyclic) bond motifs is 1. The molecule has 0 amide bonds. The van der Waals surface area contributed by atoms with Gasteiger partial charge >= 0.3 is 0 Å². The average Bonchev–Trinajstić information content (AvgIpc) is 3.30. The SMILES string of the molecule is CCc1n[nH]c2ncnc(N3CCN(c4cc(Cl)cc(OCCN5CCCCC5)c4C)CC3)c12.Cl. The van der Waals surface area contributed by atoms with Crippen LogP contribution in [0.5, 0.6) is 5.75 Å². The number of H-pyrrole nitrogens is 1. The number of nitrogens with one attached hydrogen (secondary N) is 1. The summed E-state index contributed by atoms with van der Waals surface area (Å²) in [5.74, 6) is 1.87. The van der Waals surface area contributed by atoms with Crippen LogP contribution in [0.4, 0.5) is 11.5 Å². The van der Waals surface area contributed by atoms with Crippen molar-refractivity contribution in [3.8, 4) is 5.75 Å². The van der Waals surface area contributed by atoms with Gasteiger partial charge in [0.2, 0.25) is 0 Å². The Morgan fingerprint density at radius 2 is 1.74 bits per heavy atom. The van der Waals surface area contributed by atoms with Crippen molar-refractivity contribution in [2.24, 2.45) is 0 Å². The first-order valence-corrected chi connectivity index (χ1v) is 12.8. The first kappa shape index (κ1) is 25.8. The Kier molecular flexibility index (Phi) is 8.57. The highest BCUT2D eigenvalue weighted by molar-refractivity contribution is 6.31. The highest BCUT2D eigenvalue weighted by atomic mass is 35.5. The quantitative estimate of drug-likeness (QED) is 0.492. The molecule has 2 aliphatic heterocycles. The van der Waals surface area contributed by atoms with E-state index >= 15 is 0 Å². The summed E-state index contributed by atoms with van der Waals surface area (Å²) in [4.78, 5) is 16.2. The smallest absolute Gasteiger partial charge is 0.160 e. The van der Waals surface area contributed by atoms with E-state index in [1.807, 2.05) is 6.07 Å². The molecule has 0 bridgehead atoms. The molecule has 0 unspecified atom stereocenters. The van der Waals surface area contributed by atoms with Gasteiger partial charge in [0, 0.05) is 49.0 Å². The van der Waals surface area contributed by atoms with E-state index in [-0.39, 0.29) is 12.4 Å². The van der Waals surface area contributed by atoms with Crippen molar-refractivity contribution in [3.63, 3.8) is 0 Å². The first-order chi connectivity index (χ1) is 16.6. The van der Waals surface area contributed by atoms with Crippen LogP contribution in [-0.2, 0) is 6.42 Å². The van der Waals surface area contributed by atoms with Crippen molar-refractivity contribution in [1.29, 1.82) is 0 Å². The number of hydrogen-bond acceptors (Lipinski definition) is 7. The van der Waals surface area contributed by atoms with Crippen LogP contribution in [0.3, 0.4) is 0 Å². The summed E-state index contributed by atoms with van der Waals surface area (Å²) in [6, 6.07) is 4.02. The minimum atomic E-state index is 0. The third-order valence-corrected chi connectivity index (χ3v) is 7.30. The lowest BCUT2D eigenvalue weighted by Gasteiger charge is -2.37. The van der Waals surface area contributed by atoms with Gasteiger partial charge in [0.05, 0.1) is 11.1 Å². The van der Waals surface area contributed by atoms with Gasteiger partial charge in [-0.2, -0.15) is 5.10 Å². The molecular weight excluding hydrogens is 485 g/mol. The van der Waals surface area contributed by atoms with Gasteiger partial charge in [0.15, 0.2) is 5.65 Å². The lowest BCUT2D eigenvalue weighted by molar-refractivity contribution is 0.183. The Labute approximate surface area is 218 Å². The van der Waals surface area contributed by atoms with E-state index in [2.05, 4.69) is 54.8 Å². The second-order valence-corrected chi connectivity index (χ2v) is 9.65. The predicted octanol–water partition coefficient (Wildman–Crippen LogP) is 4.49. The number of halogens is 2. The number of rotatable bonds is 7. The molecule has 1 aromatic carbocycles. The summed E-state index contributed by atoms with van der Waals surface area (Å²) in [5.41, 5.74) is 4.14. The Hall–Kier alpha value is -2.29. The molecule has 35 heavy (non-hydrogen) atoms. The number of ether oxygens (including phenoxy) is 1. The summed E-state index contributed by atoms with van der Waals surface area (Å²) in [6.07, 6.45) is 6.42. The van der Waals surface area contributed by atoms with Crippen molar-refractivity contribution in [2.75, 3.05) is 62.2 Å². The van der Waals surface area contributed by atoms with E-state index < -0.39 is 0 Å². The summed E-state index contributed by atoms with van der Waals surface area (Å²) < 4.78 is 6.22. The standard InChI is InChI=1S/C25H34ClN7O.ClH/c1-3-20-23-24(30-29-20)27-17-28-25(23)33-11-9-32(10-12-33)21-15-19(26)16-22(18(21)2)34-14-13-31-7-5-4-6-8-31;/h15-17H,3-14H2,1-2H3,(H,27,28,29,30);1H. The maximum Gasteiger partial charge on any atom is 0.160 e. The van der Waals surface area contributed by atoms with Crippen LogP contribution in [0.2, 0.25) is 5.02 Å². The van der Waals surface area contributed by atoms with Gasteiger partial charge in [0.1, 0.15) is 24.5 Å². The van der Waals surface area contributed by atoms with E-state index in [0.29, 0.717) is 6.61 Å². The minimum Gasteiger partial charge on any atom is -0.492 e. The van der Waals surface area contributed by atoms with Crippen molar-refractivity contribution >= 4 is 46.5 Å². The molecule has 2 aromatic heterocycles. The molecule has 0 radical (unpaired) electrons. The van der Waals surface area contributed by atoms with Gasteiger partial charge in [-0.3, -0.25) is 10.00 Å². The Morgan fingerprint density at radius 1 is 1.00 bits per heavy atom. The lowest BCUT2D eigenvalue weighted by atomic mass is 10.1. The molecule has 0 atom stereocenters. The highest BCUT2D eigenvalue weighted by Gasteiger charge is 2.24. The largest absolute Gasteiger partial charge is 0.492 e. The van der Waals surface area contributed by atoms with Crippen LogP contribution in [0.1, 0.15) is 37.4 Å². The molecule has 2 saturated heterocycles. The molecule has 190 valence electrons. The van der Waals surface area contributed by atoms with Gasteiger partial charge in [-0.05, 0) is 51.4 Å². The number of likely N-dealkylation sites (tertiary alicyclic amines) is 1. The van der Waals surface area contributed by atoms with Gasteiger partial charge in [-0.15, -0.1) is 12.4 Å². The van der Waals surface area contributed by atoms with Crippen LogP contribution in [0.25, 0.3) is 11.0 Å². The number of benzene rings is 1. The van der Waals surface area contributed by atoms with Crippen LogP contribution < -0.4 is 14.5 Å². The highest BCUT2D eigenvalue weighted by Crippen LogP contribution is 2.34. The molecule has 0 aliphatic carbocycles. The number of nitrogens with zero attached hydrogens (tertiary/aromatic N) is 6. The summed E-state index contributed by atoms with van der Waals surface area (Å²) in [5, 5.41) is 9.23. The van der Waals surface area contributed by atoms with Crippen molar-refractivity contribution in [2.45, 2.75) is 39.5 Å². The Balaban J connectivity index is 0.00000289. The molecule has 2 fully saturated rings. The number of hydrogen-bond donors (Lipinski definition) is 1. The summed E-state index contributed by atoms with van der Waals surface area (Å²) in [6.45, 7) is 11.8. The van der Waals surface area contributed by atoms with E-state index in [1.54, 1.807) is 6.33 Å². The van der Waals surface area contributed by atoms with Crippen molar-refractivity contribution < 1.29 is 4.74 Å². The molecule has 0 saturated carbocycles. The monoisotopic (exact) mass is 519 g/mol. The second-order valence-electron chi connectivity index (χ2n) is 9.22. The van der Waals surface area contributed by atoms with Crippen LogP contribution >= 0.6 is 24.0 Å². The Bertz CT molecular complexity index is 1120. The molecule has 8 nitrogen and oxygen atoms in total. The van der Waals surface area contributed by atoms with Crippen LogP contribution in [0, 0.1) is 6.92 Å². The molecule has 3 aromatic rings. The van der Waals surface area contributed by atoms with Crippen LogP contribution in [0.15, 0.2) is 18.5 Å². The van der Waals surface area contributed by atoms with Crippen molar-refractivity contribution in [1.82, 2.24) is 25.1 Å². The number of piperazine rings is 1. The first-order valence-electron chi connectivity index (χ1n) is 12.5. The van der Waals surface area contributed by atoms with Gasteiger partial charge in [-0.1, -0.05) is 24.9 Å². The molecule has 2 aliphatic rings. The fourth-order valence-electron chi connectivity index (χ4n) is 5.14. The minimum absolute atomic E-state index is 0. The summed E-state index contributed by atoms with van der Waals surface area (Å²) in [7, 11) is 0. The summed E-state index contributed by atoms with van der Waals surface area (Å²) >= 11 is 6.52. The van der Waals surface area contributed by atoms with Gasteiger partial charge in [0.25, 0.3) is 0 Å². The zero-order valence-electron chi connectivity index (χ0n) is 20.6. The second kappa shape index (κ2) is 11.6. The number of aryl methyl sites for hydroxylation is 1. The molecule has 5 rings (SSSR count). The fraction of sp³-hybridized carbons (Fsp3) is 0.560. The number of anilines is 2. The molecule has 10 heteroatoms. The third kappa shape index (κ3) is 5.60. The zero-order chi connectivity index (χ0) is 23.5. The number of piperidine rings is 1. The zero-order valence-corrected chi connectivity index (χ0v) is 22.2.